The predicted octanol–water partition coefficient (Wildman–Crippen LogP) is 5.07. The summed E-state index contributed by atoms with van der Waals surface area (Å²) in [5, 5.41) is 8.37. The van der Waals surface area contributed by atoms with Crippen molar-refractivity contribution in [1.82, 2.24) is 10.1 Å². The molecule has 6 heteroatoms. The molecule has 138 valence electrons. The second kappa shape index (κ2) is 6.80. The first-order valence-electron chi connectivity index (χ1n) is 10.1. The number of nitrogens with one attached hydrogen (secondary N) is 1. The third-order valence-corrected chi connectivity index (χ3v) is 7.19. The van der Waals surface area contributed by atoms with Gasteiger partial charge in [-0.15, -0.1) is 11.3 Å². The van der Waals surface area contributed by atoms with Crippen LogP contribution in [0.4, 0.5) is 5.00 Å². The summed E-state index contributed by atoms with van der Waals surface area (Å²) in [6.07, 6.45) is 12.5. The number of fused-ring (bicyclic) bond motifs is 1. The summed E-state index contributed by atoms with van der Waals surface area (Å²) in [6.45, 7) is 0. The first-order valence-corrected chi connectivity index (χ1v) is 10.9. The topological polar surface area (TPSA) is 68.0 Å². The van der Waals surface area contributed by atoms with Crippen LogP contribution in [0.5, 0.6) is 0 Å². The molecule has 0 radical (unpaired) electrons. The minimum atomic E-state index is 0.153. The van der Waals surface area contributed by atoms with Gasteiger partial charge in [0.15, 0.2) is 5.82 Å². The second-order valence-corrected chi connectivity index (χ2v) is 9.08. The standard InChI is InChI=1S/C20H25N3O2S/c24-18(13-6-2-1-3-7-13)22-20-16(14-8-4-5-9-15(14)26-20)19-21-17(23-25-19)12-10-11-12/h12-13H,1-11H2,(H,22,24). The van der Waals surface area contributed by atoms with Gasteiger partial charge >= 0.3 is 0 Å². The Balaban J connectivity index is 1.47. The lowest BCUT2D eigenvalue weighted by molar-refractivity contribution is -0.120. The fourth-order valence-corrected chi connectivity index (χ4v) is 5.59. The van der Waals surface area contributed by atoms with Crippen molar-refractivity contribution >= 4 is 22.2 Å². The molecule has 2 heterocycles. The van der Waals surface area contributed by atoms with E-state index in [4.69, 9.17) is 4.52 Å². The number of hydrogen-bond acceptors (Lipinski definition) is 5. The molecule has 0 aliphatic heterocycles. The molecule has 5 nitrogen and oxygen atoms in total. The van der Waals surface area contributed by atoms with Crippen LogP contribution < -0.4 is 5.32 Å². The van der Waals surface area contributed by atoms with Crippen LogP contribution in [0.2, 0.25) is 0 Å². The Morgan fingerprint density at radius 2 is 1.85 bits per heavy atom. The number of carbonyl (C=O) groups is 1. The molecule has 5 rings (SSSR count). The van der Waals surface area contributed by atoms with Crippen LogP contribution in [0.1, 0.15) is 80.0 Å². The minimum absolute atomic E-state index is 0.153. The van der Waals surface area contributed by atoms with Crippen LogP contribution in [0.15, 0.2) is 4.52 Å². The zero-order chi connectivity index (χ0) is 17.5. The molecule has 1 N–H and O–H groups in total. The van der Waals surface area contributed by atoms with Crippen molar-refractivity contribution in [3.63, 3.8) is 0 Å². The van der Waals surface area contributed by atoms with Gasteiger partial charge in [0, 0.05) is 16.7 Å². The van der Waals surface area contributed by atoms with E-state index in [0.29, 0.717) is 11.8 Å². The van der Waals surface area contributed by atoms with E-state index >= 15 is 0 Å². The largest absolute Gasteiger partial charge is 0.334 e. The molecule has 3 aliphatic carbocycles. The molecule has 0 spiro atoms. The maximum Gasteiger partial charge on any atom is 0.261 e. The number of rotatable bonds is 4. The number of amides is 1. The quantitative estimate of drug-likeness (QED) is 0.814. The minimum Gasteiger partial charge on any atom is -0.334 e. The zero-order valence-electron chi connectivity index (χ0n) is 15.1. The third kappa shape index (κ3) is 3.08. The van der Waals surface area contributed by atoms with Crippen molar-refractivity contribution in [2.24, 2.45) is 5.92 Å². The summed E-state index contributed by atoms with van der Waals surface area (Å²) in [5.41, 5.74) is 2.33. The molecular weight excluding hydrogens is 346 g/mol. The average molecular weight is 372 g/mol. The number of carbonyl (C=O) groups excluding carboxylic acids is 1. The third-order valence-electron chi connectivity index (χ3n) is 5.98. The Morgan fingerprint density at radius 3 is 2.65 bits per heavy atom. The van der Waals surface area contributed by atoms with Gasteiger partial charge in [-0.3, -0.25) is 4.79 Å². The Hall–Kier alpha value is -1.69. The second-order valence-electron chi connectivity index (χ2n) is 7.97. The monoisotopic (exact) mass is 371 g/mol. The molecule has 0 aromatic carbocycles. The van der Waals surface area contributed by atoms with E-state index in [2.05, 4.69) is 15.5 Å². The van der Waals surface area contributed by atoms with E-state index in [0.717, 1.165) is 54.9 Å². The van der Waals surface area contributed by atoms with E-state index in [-0.39, 0.29) is 11.8 Å². The van der Waals surface area contributed by atoms with Gasteiger partial charge in [0.1, 0.15) is 5.00 Å². The van der Waals surface area contributed by atoms with Gasteiger partial charge in [-0.2, -0.15) is 4.98 Å². The highest BCUT2D eigenvalue weighted by Crippen LogP contribution is 2.45. The van der Waals surface area contributed by atoms with Crippen LogP contribution in [0.3, 0.4) is 0 Å². The highest BCUT2D eigenvalue weighted by atomic mass is 32.1. The van der Waals surface area contributed by atoms with Gasteiger partial charge in [0.25, 0.3) is 5.89 Å². The van der Waals surface area contributed by atoms with E-state index in [1.54, 1.807) is 11.3 Å². The molecule has 3 aliphatic rings. The average Bonchev–Trinajstić information content (AvgIpc) is 3.30. The van der Waals surface area contributed by atoms with Gasteiger partial charge in [-0.05, 0) is 56.9 Å². The lowest BCUT2D eigenvalue weighted by Crippen LogP contribution is -2.24. The van der Waals surface area contributed by atoms with Crippen molar-refractivity contribution in [2.75, 3.05) is 5.32 Å². The van der Waals surface area contributed by atoms with Crippen molar-refractivity contribution in [3.8, 4) is 11.5 Å². The van der Waals surface area contributed by atoms with Crippen molar-refractivity contribution < 1.29 is 9.32 Å². The van der Waals surface area contributed by atoms with Gasteiger partial charge in [-0.1, -0.05) is 24.4 Å². The van der Waals surface area contributed by atoms with Gasteiger partial charge in [0.2, 0.25) is 5.91 Å². The molecule has 2 saturated carbocycles. The molecular formula is C20H25N3O2S. The number of aryl methyl sites for hydroxylation is 1. The first-order chi connectivity index (χ1) is 12.8. The van der Waals surface area contributed by atoms with E-state index in [9.17, 15) is 4.79 Å². The SMILES string of the molecule is O=C(Nc1sc2c(c1-c1nc(C3CC3)no1)CCCC2)C1CCCCC1. The maximum absolute atomic E-state index is 12.8. The Kier molecular flexibility index (Phi) is 4.31. The van der Waals surface area contributed by atoms with Crippen LogP contribution in [-0.4, -0.2) is 16.0 Å². The number of anilines is 1. The number of thiophene rings is 1. The first kappa shape index (κ1) is 16.5. The molecule has 26 heavy (non-hydrogen) atoms. The van der Waals surface area contributed by atoms with Crippen LogP contribution in [0, 0.1) is 5.92 Å². The van der Waals surface area contributed by atoms with E-state index in [1.165, 1.54) is 42.5 Å². The smallest absolute Gasteiger partial charge is 0.261 e. The van der Waals surface area contributed by atoms with Crippen molar-refractivity contribution in [1.29, 1.82) is 0 Å². The Bertz CT molecular complexity index is 815. The fourth-order valence-electron chi connectivity index (χ4n) is 4.30. The normalized spacial score (nSPS) is 20.8. The van der Waals surface area contributed by atoms with E-state index in [1.807, 2.05) is 0 Å². The molecule has 0 saturated heterocycles. The Labute approximate surface area is 157 Å². The van der Waals surface area contributed by atoms with Gasteiger partial charge < -0.3 is 9.84 Å². The number of aromatic nitrogens is 2. The van der Waals surface area contributed by atoms with Crippen molar-refractivity contribution in [2.45, 2.75) is 76.5 Å². The van der Waals surface area contributed by atoms with Crippen LogP contribution >= 0.6 is 11.3 Å². The molecule has 0 atom stereocenters. The summed E-state index contributed by atoms with van der Waals surface area (Å²) >= 11 is 1.72. The molecule has 0 bridgehead atoms. The number of hydrogen-bond donors (Lipinski definition) is 1. The zero-order valence-corrected chi connectivity index (χ0v) is 15.9. The Morgan fingerprint density at radius 1 is 1.04 bits per heavy atom. The molecule has 1 amide bonds. The lowest BCUT2D eigenvalue weighted by atomic mass is 9.88. The highest BCUT2D eigenvalue weighted by Gasteiger charge is 2.32. The highest BCUT2D eigenvalue weighted by molar-refractivity contribution is 7.17. The molecule has 2 fully saturated rings. The van der Waals surface area contributed by atoms with Crippen LogP contribution in [0.25, 0.3) is 11.5 Å². The maximum atomic E-state index is 12.8. The van der Waals surface area contributed by atoms with Crippen LogP contribution in [-0.2, 0) is 17.6 Å². The summed E-state index contributed by atoms with van der Waals surface area (Å²) in [5.74, 6) is 2.24. The molecule has 0 unspecified atom stereocenters. The van der Waals surface area contributed by atoms with Crippen molar-refractivity contribution in [3.05, 3.63) is 16.3 Å². The van der Waals surface area contributed by atoms with E-state index < -0.39 is 0 Å². The fraction of sp³-hybridized carbons (Fsp3) is 0.650. The summed E-state index contributed by atoms with van der Waals surface area (Å²) in [6, 6.07) is 0. The van der Waals surface area contributed by atoms with Gasteiger partial charge in [0.05, 0.1) is 5.56 Å². The van der Waals surface area contributed by atoms with Gasteiger partial charge in [-0.25, -0.2) is 0 Å². The summed E-state index contributed by atoms with van der Waals surface area (Å²) < 4.78 is 5.64. The molecule has 2 aromatic rings. The molecule has 2 aromatic heterocycles. The lowest BCUT2D eigenvalue weighted by Gasteiger charge is -2.20. The summed E-state index contributed by atoms with van der Waals surface area (Å²) in [4.78, 5) is 18.9. The predicted molar refractivity (Wildman–Crippen MR) is 101 cm³/mol. The summed E-state index contributed by atoms with van der Waals surface area (Å²) in [7, 11) is 0. The number of nitrogens with zero attached hydrogens (tertiary/aromatic N) is 2.